The number of thiocarbonyl (C=S) groups is 1. The SMILES string of the molecule is NC(=S)c1cc(F)ccc1NS(=O)(=O)c1ccc(Cl)cc1. The van der Waals surface area contributed by atoms with E-state index in [1.54, 1.807) is 0 Å². The van der Waals surface area contributed by atoms with Crippen LogP contribution in [0, 0.1) is 5.82 Å². The monoisotopic (exact) mass is 344 g/mol. The third-order valence-electron chi connectivity index (χ3n) is 2.62. The van der Waals surface area contributed by atoms with Crippen molar-refractivity contribution < 1.29 is 12.8 Å². The molecule has 0 saturated carbocycles. The van der Waals surface area contributed by atoms with Gasteiger partial charge in [0.05, 0.1) is 10.6 Å². The van der Waals surface area contributed by atoms with E-state index in [-0.39, 0.29) is 21.1 Å². The number of sulfonamides is 1. The van der Waals surface area contributed by atoms with Gasteiger partial charge in [-0.05, 0) is 42.5 Å². The molecule has 0 saturated heterocycles. The second-order valence-corrected chi connectivity index (χ2v) is 6.67. The molecule has 2 aromatic carbocycles. The minimum atomic E-state index is -3.85. The summed E-state index contributed by atoms with van der Waals surface area (Å²) in [6.07, 6.45) is 0. The summed E-state index contributed by atoms with van der Waals surface area (Å²) in [4.78, 5) is -0.0894. The molecule has 0 radical (unpaired) electrons. The minimum Gasteiger partial charge on any atom is -0.389 e. The van der Waals surface area contributed by atoms with Gasteiger partial charge in [0.2, 0.25) is 0 Å². The lowest BCUT2D eigenvalue weighted by molar-refractivity contribution is 0.601. The third-order valence-corrected chi connectivity index (χ3v) is 4.47. The molecule has 0 heterocycles. The van der Waals surface area contributed by atoms with E-state index in [2.05, 4.69) is 4.72 Å². The maximum absolute atomic E-state index is 13.2. The fourth-order valence-electron chi connectivity index (χ4n) is 1.63. The standard InChI is InChI=1S/C13H10ClFN2O2S2/c14-8-1-4-10(5-2-8)21(18,19)17-12-6-3-9(15)7-11(12)13(16)20/h1-7,17H,(H2,16,20). The first-order chi connectivity index (χ1) is 9.79. The second kappa shape index (κ2) is 5.97. The van der Waals surface area contributed by atoms with E-state index in [4.69, 9.17) is 29.6 Å². The van der Waals surface area contributed by atoms with E-state index < -0.39 is 15.8 Å². The normalized spacial score (nSPS) is 11.1. The number of nitrogens with one attached hydrogen (secondary N) is 1. The fraction of sp³-hybridized carbons (Fsp3) is 0. The van der Waals surface area contributed by atoms with Crippen LogP contribution < -0.4 is 10.5 Å². The van der Waals surface area contributed by atoms with Gasteiger partial charge in [-0.1, -0.05) is 23.8 Å². The Balaban J connectivity index is 2.41. The molecular formula is C13H10ClFN2O2S2. The van der Waals surface area contributed by atoms with Crippen molar-refractivity contribution in [1.82, 2.24) is 0 Å². The van der Waals surface area contributed by atoms with Crippen LogP contribution in [0.15, 0.2) is 47.4 Å². The Morgan fingerprint density at radius 1 is 1.19 bits per heavy atom. The van der Waals surface area contributed by atoms with Crippen LogP contribution in [0.5, 0.6) is 0 Å². The maximum atomic E-state index is 13.2. The Morgan fingerprint density at radius 3 is 2.38 bits per heavy atom. The lowest BCUT2D eigenvalue weighted by Gasteiger charge is -2.12. The maximum Gasteiger partial charge on any atom is 0.261 e. The molecule has 0 aliphatic rings. The molecule has 0 spiro atoms. The Labute approximate surface area is 131 Å². The van der Waals surface area contributed by atoms with Crippen molar-refractivity contribution in [2.45, 2.75) is 4.90 Å². The van der Waals surface area contributed by atoms with Crippen molar-refractivity contribution in [3.8, 4) is 0 Å². The first kappa shape index (κ1) is 15.7. The van der Waals surface area contributed by atoms with Crippen molar-refractivity contribution in [1.29, 1.82) is 0 Å². The summed E-state index contributed by atoms with van der Waals surface area (Å²) in [6.45, 7) is 0. The highest BCUT2D eigenvalue weighted by Gasteiger charge is 2.17. The molecule has 8 heteroatoms. The number of nitrogens with two attached hydrogens (primary N) is 1. The number of halogens is 2. The lowest BCUT2D eigenvalue weighted by atomic mass is 10.2. The van der Waals surface area contributed by atoms with Crippen LogP contribution in [0.25, 0.3) is 0 Å². The Bertz CT molecular complexity index is 792. The number of hydrogen-bond donors (Lipinski definition) is 2. The van der Waals surface area contributed by atoms with Crippen LogP contribution >= 0.6 is 23.8 Å². The van der Waals surface area contributed by atoms with Crippen molar-refractivity contribution >= 4 is 44.5 Å². The quantitative estimate of drug-likeness (QED) is 0.836. The van der Waals surface area contributed by atoms with Gasteiger partial charge in [-0.25, -0.2) is 12.8 Å². The molecule has 3 N–H and O–H groups in total. The zero-order chi connectivity index (χ0) is 15.6. The molecule has 110 valence electrons. The minimum absolute atomic E-state index is 0.0186. The predicted octanol–water partition coefficient (Wildman–Crippen LogP) is 2.91. The van der Waals surface area contributed by atoms with Gasteiger partial charge in [-0.2, -0.15) is 0 Å². The van der Waals surface area contributed by atoms with Gasteiger partial charge in [0, 0.05) is 10.6 Å². The molecule has 2 rings (SSSR count). The van der Waals surface area contributed by atoms with E-state index in [1.165, 1.54) is 30.3 Å². The highest BCUT2D eigenvalue weighted by atomic mass is 35.5. The summed E-state index contributed by atoms with van der Waals surface area (Å²) in [5.74, 6) is -0.563. The van der Waals surface area contributed by atoms with Gasteiger partial charge < -0.3 is 5.73 Å². The van der Waals surface area contributed by atoms with E-state index in [0.29, 0.717) is 5.02 Å². The molecule has 21 heavy (non-hydrogen) atoms. The largest absolute Gasteiger partial charge is 0.389 e. The molecule has 4 nitrogen and oxygen atoms in total. The molecular weight excluding hydrogens is 335 g/mol. The van der Waals surface area contributed by atoms with Crippen LogP contribution in [0.3, 0.4) is 0 Å². The molecule has 0 atom stereocenters. The number of benzene rings is 2. The Morgan fingerprint density at radius 2 is 1.81 bits per heavy atom. The van der Waals surface area contributed by atoms with E-state index >= 15 is 0 Å². The number of hydrogen-bond acceptors (Lipinski definition) is 3. The molecule has 0 aromatic heterocycles. The highest BCUT2D eigenvalue weighted by Crippen LogP contribution is 2.22. The second-order valence-electron chi connectivity index (χ2n) is 4.11. The van der Waals surface area contributed by atoms with Crippen molar-refractivity contribution in [2.75, 3.05) is 4.72 Å². The Hall–Kier alpha value is -1.70. The van der Waals surface area contributed by atoms with Gasteiger partial charge in [0.25, 0.3) is 10.0 Å². The van der Waals surface area contributed by atoms with Gasteiger partial charge in [-0.15, -0.1) is 0 Å². The van der Waals surface area contributed by atoms with Gasteiger partial charge in [-0.3, -0.25) is 4.72 Å². The number of rotatable bonds is 4. The van der Waals surface area contributed by atoms with Crippen LogP contribution in [0.1, 0.15) is 5.56 Å². The zero-order valence-electron chi connectivity index (χ0n) is 10.5. The summed E-state index contributed by atoms with van der Waals surface area (Å²) in [5.41, 5.74) is 5.70. The molecule has 0 bridgehead atoms. The summed E-state index contributed by atoms with van der Waals surface area (Å²) in [7, 11) is -3.85. The molecule has 0 fully saturated rings. The average Bonchev–Trinajstić information content (AvgIpc) is 2.41. The summed E-state index contributed by atoms with van der Waals surface area (Å²) < 4.78 is 40.0. The van der Waals surface area contributed by atoms with Crippen LogP contribution in [0.2, 0.25) is 5.02 Å². The third kappa shape index (κ3) is 3.69. The van der Waals surface area contributed by atoms with Crippen molar-refractivity contribution in [2.24, 2.45) is 5.73 Å². The number of anilines is 1. The first-order valence-corrected chi connectivity index (χ1v) is 7.94. The van der Waals surface area contributed by atoms with Crippen LogP contribution in [-0.2, 0) is 10.0 Å². The van der Waals surface area contributed by atoms with Gasteiger partial charge in [0.15, 0.2) is 0 Å². The van der Waals surface area contributed by atoms with E-state index in [9.17, 15) is 12.8 Å². The summed E-state index contributed by atoms with van der Waals surface area (Å²) in [6, 6.07) is 9.06. The van der Waals surface area contributed by atoms with E-state index in [0.717, 1.165) is 12.1 Å². The fourth-order valence-corrected chi connectivity index (χ4v) is 3.00. The zero-order valence-corrected chi connectivity index (χ0v) is 12.9. The topological polar surface area (TPSA) is 72.2 Å². The van der Waals surface area contributed by atoms with Crippen molar-refractivity contribution in [3.05, 3.63) is 58.9 Å². The molecule has 0 aliphatic carbocycles. The molecule has 0 amide bonds. The van der Waals surface area contributed by atoms with Gasteiger partial charge >= 0.3 is 0 Å². The molecule has 0 unspecified atom stereocenters. The van der Waals surface area contributed by atoms with Gasteiger partial charge in [0.1, 0.15) is 10.8 Å². The highest BCUT2D eigenvalue weighted by molar-refractivity contribution is 7.92. The average molecular weight is 345 g/mol. The summed E-state index contributed by atoms with van der Waals surface area (Å²) >= 11 is 10.5. The van der Waals surface area contributed by atoms with Crippen LogP contribution in [0.4, 0.5) is 10.1 Å². The smallest absolute Gasteiger partial charge is 0.261 e. The molecule has 2 aromatic rings. The van der Waals surface area contributed by atoms with E-state index in [1.807, 2.05) is 0 Å². The Kier molecular flexibility index (Phi) is 4.46. The van der Waals surface area contributed by atoms with Crippen molar-refractivity contribution in [3.63, 3.8) is 0 Å². The summed E-state index contributed by atoms with van der Waals surface area (Å²) in [5, 5.41) is 0.416. The predicted molar refractivity (Wildman–Crippen MR) is 84.5 cm³/mol. The lowest BCUT2D eigenvalue weighted by Crippen LogP contribution is -2.18. The molecule has 0 aliphatic heterocycles. The van der Waals surface area contributed by atoms with Crippen LogP contribution in [-0.4, -0.2) is 13.4 Å². The first-order valence-electron chi connectivity index (χ1n) is 5.67.